The van der Waals surface area contributed by atoms with E-state index in [1.54, 1.807) is 11.4 Å². The number of hydrogen-bond donors (Lipinski definition) is 4. The lowest BCUT2D eigenvalue weighted by Crippen LogP contribution is -2.35. The molecule has 2 aromatic heterocycles. The van der Waals surface area contributed by atoms with E-state index in [0.29, 0.717) is 33.1 Å². The minimum Gasteiger partial charge on any atom is -0.475 e. The number of carboxylic acid groups (broad SMARTS) is 1. The lowest BCUT2D eigenvalue weighted by molar-refractivity contribution is -0.192. The largest absolute Gasteiger partial charge is 0.490 e. The van der Waals surface area contributed by atoms with E-state index < -0.39 is 41.8 Å². The summed E-state index contributed by atoms with van der Waals surface area (Å²) < 4.78 is 83.0. The smallest absolute Gasteiger partial charge is 0.475 e. The third kappa shape index (κ3) is 8.73. The number of aliphatic carboxylic acids is 1. The zero-order valence-corrected chi connectivity index (χ0v) is 23.2. The first-order valence-electron chi connectivity index (χ1n) is 12.2. The molecule has 5 N–H and O–H groups in total. The number of alkyl halides is 6. The van der Waals surface area contributed by atoms with Crippen molar-refractivity contribution in [3.63, 3.8) is 0 Å². The second-order valence-corrected chi connectivity index (χ2v) is 11.7. The minimum atomic E-state index is -5.08. The van der Waals surface area contributed by atoms with Crippen LogP contribution in [0.3, 0.4) is 0 Å². The van der Waals surface area contributed by atoms with Crippen LogP contribution in [0.1, 0.15) is 46.6 Å². The quantitative estimate of drug-likeness (QED) is 0.271. The molecule has 1 amide bonds. The van der Waals surface area contributed by atoms with Crippen LogP contribution in [0, 0.1) is 0 Å². The van der Waals surface area contributed by atoms with Crippen molar-refractivity contribution in [2.45, 2.75) is 44.6 Å². The number of hydrogen-bond acceptors (Lipinski definition) is 6. The van der Waals surface area contributed by atoms with Gasteiger partial charge in [-0.3, -0.25) is 4.79 Å². The lowest BCUT2D eigenvalue weighted by atomic mass is 9.89. The SMILES string of the molecule is CCS(=O)N1CCC(c2c[nH]c3c(C(N)=O)cc(-c4csc(CNCC(F)(F)F)n4)cc23)CC1.O=C(O)C(F)(F)F. The molecular weight excluding hydrogens is 600 g/mol. The zero-order chi connectivity index (χ0) is 30.5. The summed E-state index contributed by atoms with van der Waals surface area (Å²) in [6, 6.07) is 3.62. The van der Waals surface area contributed by atoms with Crippen LogP contribution < -0.4 is 11.1 Å². The minimum absolute atomic E-state index is 0.00219. The van der Waals surface area contributed by atoms with Crippen LogP contribution in [0.4, 0.5) is 26.3 Å². The lowest BCUT2D eigenvalue weighted by Gasteiger charge is -2.30. The van der Waals surface area contributed by atoms with Crippen molar-refractivity contribution in [1.29, 1.82) is 0 Å². The van der Waals surface area contributed by atoms with Gasteiger partial charge in [0.05, 0.1) is 34.3 Å². The van der Waals surface area contributed by atoms with E-state index >= 15 is 0 Å². The first-order chi connectivity index (χ1) is 19.1. The number of aromatic amines is 1. The normalized spacial score (nSPS) is 15.9. The highest BCUT2D eigenvalue weighted by Crippen LogP contribution is 2.37. The molecule has 0 bridgehead atoms. The van der Waals surface area contributed by atoms with Crippen LogP contribution in [0.25, 0.3) is 22.2 Å². The molecule has 1 aliphatic rings. The highest BCUT2D eigenvalue weighted by molar-refractivity contribution is 7.82. The number of primary amides is 1. The Bertz CT molecular complexity index is 1400. The van der Waals surface area contributed by atoms with Crippen LogP contribution in [0.2, 0.25) is 0 Å². The van der Waals surface area contributed by atoms with Gasteiger partial charge in [0.15, 0.2) is 0 Å². The van der Waals surface area contributed by atoms with Crippen molar-refractivity contribution < 1.29 is 45.2 Å². The zero-order valence-electron chi connectivity index (χ0n) is 21.6. The molecule has 226 valence electrons. The van der Waals surface area contributed by atoms with Crippen molar-refractivity contribution in [3.8, 4) is 11.3 Å². The second-order valence-electron chi connectivity index (χ2n) is 9.02. The Kier molecular flexibility index (Phi) is 10.5. The van der Waals surface area contributed by atoms with Gasteiger partial charge in [-0.2, -0.15) is 26.3 Å². The third-order valence-electron chi connectivity index (χ3n) is 6.21. The van der Waals surface area contributed by atoms with Crippen molar-refractivity contribution in [2.24, 2.45) is 5.73 Å². The molecule has 9 nitrogen and oxygen atoms in total. The summed E-state index contributed by atoms with van der Waals surface area (Å²) in [7, 11) is -0.956. The van der Waals surface area contributed by atoms with Crippen LogP contribution in [-0.2, 0) is 22.3 Å². The van der Waals surface area contributed by atoms with E-state index in [9.17, 15) is 35.3 Å². The maximum atomic E-state index is 12.4. The number of rotatable bonds is 8. The van der Waals surface area contributed by atoms with E-state index in [4.69, 9.17) is 15.6 Å². The molecule has 3 heterocycles. The number of benzene rings is 1. The van der Waals surface area contributed by atoms with Gasteiger partial charge in [0, 0.05) is 47.9 Å². The van der Waals surface area contributed by atoms with Gasteiger partial charge in [-0.25, -0.2) is 18.3 Å². The number of aromatic nitrogens is 2. The summed E-state index contributed by atoms with van der Waals surface area (Å²) in [4.78, 5) is 28.8. The van der Waals surface area contributed by atoms with Crippen LogP contribution in [0.15, 0.2) is 23.7 Å². The summed E-state index contributed by atoms with van der Waals surface area (Å²) in [5, 5.41) is 12.6. The van der Waals surface area contributed by atoms with Crippen molar-refractivity contribution in [1.82, 2.24) is 19.6 Å². The molecule has 1 fully saturated rings. The van der Waals surface area contributed by atoms with E-state index in [1.165, 1.54) is 11.3 Å². The standard InChI is InChI=1S/C22H26F3N5O2S2.C2HF3O2/c1-2-34(32)30-5-3-13(4-6-30)17-9-28-20-15(17)7-14(8-16(20)21(26)31)18-11-33-19(29-18)10-27-12-22(23,24)25;3-2(4,5)1(6)7/h7-9,11,13,27-28H,2-6,10,12H2,1H3,(H2,26,31);(H,6,7). The van der Waals surface area contributed by atoms with Gasteiger partial charge in [-0.1, -0.05) is 6.92 Å². The summed E-state index contributed by atoms with van der Waals surface area (Å²) in [6.45, 7) is 2.30. The van der Waals surface area contributed by atoms with Crippen LogP contribution in [-0.4, -0.2) is 73.2 Å². The Balaban J connectivity index is 0.000000587. The van der Waals surface area contributed by atoms with Gasteiger partial charge in [0.1, 0.15) is 5.01 Å². The van der Waals surface area contributed by atoms with Crippen LogP contribution >= 0.6 is 11.3 Å². The fourth-order valence-corrected chi connectivity index (χ4v) is 6.08. The highest BCUT2D eigenvalue weighted by atomic mass is 32.2. The number of nitrogens with one attached hydrogen (secondary N) is 2. The molecule has 0 saturated carbocycles. The first-order valence-corrected chi connectivity index (χ1v) is 14.4. The molecular formula is C24H27F6N5O4S2. The van der Waals surface area contributed by atoms with Crippen molar-refractivity contribution in [2.75, 3.05) is 25.4 Å². The Labute approximate surface area is 236 Å². The number of H-pyrrole nitrogens is 1. The van der Waals surface area contributed by atoms with Gasteiger partial charge in [0.25, 0.3) is 5.91 Å². The number of halogens is 6. The molecule has 3 aromatic rings. The predicted molar refractivity (Wildman–Crippen MR) is 142 cm³/mol. The molecule has 0 radical (unpaired) electrons. The number of carboxylic acids is 1. The molecule has 0 spiro atoms. The van der Waals surface area contributed by atoms with Crippen LogP contribution in [0.5, 0.6) is 0 Å². The van der Waals surface area contributed by atoms with Crippen molar-refractivity contribution in [3.05, 3.63) is 39.8 Å². The molecule has 41 heavy (non-hydrogen) atoms. The Morgan fingerprint density at radius 2 is 1.85 bits per heavy atom. The van der Waals surface area contributed by atoms with E-state index in [2.05, 4.69) is 15.3 Å². The fraction of sp³-hybridized carbons (Fsp3) is 0.458. The van der Waals surface area contributed by atoms with Gasteiger partial charge < -0.3 is 21.1 Å². The molecule has 1 aliphatic heterocycles. The van der Waals surface area contributed by atoms with E-state index in [0.717, 1.165) is 36.9 Å². The summed E-state index contributed by atoms with van der Waals surface area (Å²) in [5.74, 6) is -2.49. The number of fused-ring (bicyclic) bond motifs is 1. The average Bonchev–Trinajstić information content (AvgIpc) is 3.54. The number of carbonyl (C=O) groups is 2. The molecule has 4 rings (SSSR count). The topological polar surface area (TPSA) is 141 Å². The molecule has 0 aliphatic carbocycles. The van der Waals surface area contributed by atoms with Gasteiger partial charge >= 0.3 is 18.3 Å². The number of amides is 1. The van der Waals surface area contributed by atoms with Gasteiger partial charge in [-0.05, 0) is 36.5 Å². The van der Waals surface area contributed by atoms with Crippen molar-refractivity contribution >= 4 is 45.1 Å². The maximum Gasteiger partial charge on any atom is 0.490 e. The Morgan fingerprint density at radius 1 is 1.22 bits per heavy atom. The van der Waals surface area contributed by atoms with E-state index in [-0.39, 0.29) is 12.5 Å². The van der Waals surface area contributed by atoms with E-state index in [1.807, 2.05) is 23.5 Å². The summed E-state index contributed by atoms with van der Waals surface area (Å²) in [6.07, 6.45) is -5.76. The Hall–Kier alpha value is -3.02. The average molecular weight is 628 g/mol. The molecule has 1 atom stereocenters. The molecule has 1 unspecified atom stereocenters. The number of piperidine rings is 1. The third-order valence-corrected chi connectivity index (χ3v) is 8.49. The summed E-state index contributed by atoms with van der Waals surface area (Å²) in [5.41, 5.74) is 9.00. The monoisotopic (exact) mass is 627 g/mol. The second kappa shape index (κ2) is 13.3. The number of carbonyl (C=O) groups excluding carboxylic acids is 1. The maximum absolute atomic E-state index is 12.4. The summed E-state index contributed by atoms with van der Waals surface area (Å²) >= 11 is 1.25. The predicted octanol–water partition coefficient (Wildman–Crippen LogP) is 4.54. The van der Waals surface area contributed by atoms with Gasteiger partial charge in [-0.15, -0.1) is 11.3 Å². The Morgan fingerprint density at radius 3 is 2.39 bits per heavy atom. The molecule has 1 aromatic carbocycles. The first kappa shape index (κ1) is 32.5. The number of nitrogens with two attached hydrogens (primary N) is 1. The van der Waals surface area contributed by atoms with Gasteiger partial charge in [0.2, 0.25) is 0 Å². The molecule has 1 saturated heterocycles. The number of nitrogens with zero attached hydrogens (tertiary/aromatic N) is 2. The number of thiazole rings is 1. The molecule has 17 heteroatoms. The fourth-order valence-electron chi connectivity index (χ4n) is 4.32. The highest BCUT2D eigenvalue weighted by Gasteiger charge is 2.38.